The molecule has 0 atom stereocenters. The van der Waals surface area contributed by atoms with Crippen LogP contribution in [0.1, 0.15) is 13.8 Å². The van der Waals surface area contributed by atoms with Crippen LogP contribution in [-0.4, -0.2) is 18.5 Å². The number of anilines is 2. The van der Waals surface area contributed by atoms with Gasteiger partial charge in [-0.05, 0) is 43.7 Å². The molecule has 2 heterocycles. The van der Waals surface area contributed by atoms with Gasteiger partial charge in [-0.2, -0.15) is 10.1 Å². The maximum Gasteiger partial charge on any atom is 0.353 e. The van der Waals surface area contributed by atoms with Crippen molar-refractivity contribution in [1.29, 1.82) is 0 Å². The van der Waals surface area contributed by atoms with Gasteiger partial charge in [0, 0.05) is 12.3 Å². The Hall–Kier alpha value is -3.28. The van der Waals surface area contributed by atoms with Crippen molar-refractivity contribution in [3.63, 3.8) is 0 Å². The highest BCUT2D eigenvalue weighted by atomic mass is 16.7. The van der Waals surface area contributed by atoms with Gasteiger partial charge in [0.15, 0.2) is 11.5 Å². The molecule has 0 saturated carbocycles. The van der Waals surface area contributed by atoms with Gasteiger partial charge < -0.3 is 9.47 Å². The average molecular weight is 335 g/mol. The summed E-state index contributed by atoms with van der Waals surface area (Å²) in [6.45, 7) is 4.01. The number of benzene rings is 2. The van der Waals surface area contributed by atoms with Crippen LogP contribution < -0.4 is 19.4 Å². The van der Waals surface area contributed by atoms with Crippen LogP contribution in [-0.2, 0) is 0 Å². The highest BCUT2D eigenvalue weighted by Crippen LogP contribution is 2.36. The minimum atomic E-state index is -0.263. The van der Waals surface area contributed by atoms with Gasteiger partial charge in [0.05, 0.1) is 17.1 Å². The molecular weight excluding hydrogens is 318 g/mol. The first-order valence-corrected chi connectivity index (χ1v) is 7.95. The molecule has 6 heteroatoms. The second-order valence-electron chi connectivity index (χ2n) is 5.84. The van der Waals surface area contributed by atoms with Crippen molar-refractivity contribution in [2.45, 2.75) is 13.8 Å². The van der Waals surface area contributed by atoms with E-state index in [0.29, 0.717) is 22.9 Å². The fraction of sp³-hybridized carbons (Fsp3) is 0.158. The number of rotatable bonds is 2. The first kappa shape index (κ1) is 15.3. The Labute approximate surface area is 145 Å². The van der Waals surface area contributed by atoms with Crippen molar-refractivity contribution in [3.8, 4) is 11.5 Å². The number of hydrazone groups is 1. The van der Waals surface area contributed by atoms with Gasteiger partial charge in [-0.25, -0.2) is 4.79 Å². The lowest BCUT2D eigenvalue weighted by atomic mass is 10.2. The fourth-order valence-electron chi connectivity index (χ4n) is 2.67. The molecule has 4 rings (SSSR count). The molecule has 0 bridgehead atoms. The quantitative estimate of drug-likeness (QED) is 0.829. The molecule has 0 unspecified atom stereocenters. The topological polar surface area (TPSA) is 54.4 Å². The first-order chi connectivity index (χ1) is 12.1. The number of ether oxygens (including phenoxy) is 2. The number of hydrogen-bond donors (Lipinski definition) is 0. The van der Waals surface area contributed by atoms with Crippen LogP contribution in [0.3, 0.4) is 0 Å². The number of fused-ring (bicyclic) bond motifs is 1. The lowest BCUT2D eigenvalue weighted by Crippen LogP contribution is -2.37. The number of hydrogen-bond acceptors (Lipinski definition) is 4. The van der Waals surface area contributed by atoms with Crippen LogP contribution in [0.15, 0.2) is 65.4 Å². The Morgan fingerprint density at radius 3 is 2.52 bits per heavy atom. The van der Waals surface area contributed by atoms with Crippen LogP contribution >= 0.6 is 0 Å². The largest absolute Gasteiger partial charge is 0.454 e. The summed E-state index contributed by atoms with van der Waals surface area (Å²) >= 11 is 0. The Bertz CT molecular complexity index is 890. The van der Waals surface area contributed by atoms with Gasteiger partial charge in [0.1, 0.15) is 0 Å². The molecule has 2 amide bonds. The molecular formula is C19H17N3O3. The van der Waals surface area contributed by atoms with Crippen LogP contribution in [0.2, 0.25) is 0 Å². The van der Waals surface area contributed by atoms with E-state index in [4.69, 9.17) is 9.47 Å². The SMILES string of the molecule is CC1=CN(c2ccc3c(c2)OCO3)C(=O)N(c2ccccc2)N=C1C. The zero-order chi connectivity index (χ0) is 17.4. The van der Waals surface area contributed by atoms with E-state index in [0.717, 1.165) is 11.3 Å². The fourth-order valence-corrected chi connectivity index (χ4v) is 2.67. The highest BCUT2D eigenvalue weighted by Gasteiger charge is 2.27. The van der Waals surface area contributed by atoms with Gasteiger partial charge >= 0.3 is 6.03 Å². The lowest BCUT2D eigenvalue weighted by molar-refractivity contribution is 0.174. The minimum absolute atomic E-state index is 0.194. The normalized spacial score (nSPS) is 16.5. The molecule has 2 aliphatic heterocycles. The zero-order valence-electron chi connectivity index (χ0n) is 14.0. The molecule has 2 aromatic carbocycles. The average Bonchev–Trinajstić information content (AvgIpc) is 3.07. The number of urea groups is 1. The zero-order valence-corrected chi connectivity index (χ0v) is 14.0. The summed E-state index contributed by atoms with van der Waals surface area (Å²) in [4.78, 5) is 14.7. The standard InChI is InChI=1S/C19H17N3O3/c1-13-11-21(16-8-9-17-18(10-16)25-12-24-17)19(23)22(20-14(13)2)15-6-4-3-5-7-15/h3-11H,12H2,1-2H3. The summed E-state index contributed by atoms with van der Waals surface area (Å²) in [7, 11) is 0. The lowest BCUT2D eigenvalue weighted by Gasteiger charge is -2.24. The molecule has 0 N–H and O–H groups in total. The van der Waals surface area contributed by atoms with Crippen molar-refractivity contribution in [1.82, 2.24) is 0 Å². The molecule has 2 aliphatic rings. The summed E-state index contributed by atoms with van der Waals surface area (Å²) in [6.07, 6.45) is 1.79. The minimum Gasteiger partial charge on any atom is -0.454 e. The molecule has 0 spiro atoms. The van der Waals surface area contributed by atoms with E-state index in [-0.39, 0.29) is 12.8 Å². The van der Waals surface area contributed by atoms with Crippen LogP contribution in [0.4, 0.5) is 16.2 Å². The maximum atomic E-state index is 13.2. The summed E-state index contributed by atoms with van der Waals surface area (Å²) < 4.78 is 10.8. The van der Waals surface area contributed by atoms with Crippen molar-refractivity contribution in [2.24, 2.45) is 5.10 Å². The molecule has 0 aromatic heterocycles. The third-order valence-corrected chi connectivity index (χ3v) is 4.17. The van der Waals surface area contributed by atoms with Crippen molar-refractivity contribution < 1.29 is 14.3 Å². The van der Waals surface area contributed by atoms with Crippen LogP contribution in [0.25, 0.3) is 0 Å². The number of amides is 2. The molecule has 2 aromatic rings. The molecule has 6 nitrogen and oxygen atoms in total. The van der Waals surface area contributed by atoms with Gasteiger partial charge in [0.2, 0.25) is 6.79 Å². The Morgan fingerprint density at radius 1 is 0.960 bits per heavy atom. The summed E-state index contributed by atoms with van der Waals surface area (Å²) in [5, 5.41) is 5.90. The third-order valence-electron chi connectivity index (χ3n) is 4.17. The van der Waals surface area contributed by atoms with E-state index < -0.39 is 0 Å². The van der Waals surface area contributed by atoms with E-state index in [1.807, 2.05) is 50.2 Å². The van der Waals surface area contributed by atoms with Gasteiger partial charge in [-0.15, -0.1) is 0 Å². The van der Waals surface area contributed by atoms with Gasteiger partial charge in [-0.3, -0.25) is 4.90 Å². The smallest absolute Gasteiger partial charge is 0.353 e. The highest BCUT2D eigenvalue weighted by molar-refractivity contribution is 6.11. The van der Waals surface area contributed by atoms with Gasteiger partial charge in [-0.1, -0.05) is 18.2 Å². The van der Waals surface area contributed by atoms with E-state index in [2.05, 4.69) is 5.10 Å². The molecule has 0 radical (unpaired) electrons. The Kier molecular flexibility index (Phi) is 3.65. The number of carbonyl (C=O) groups is 1. The molecule has 0 saturated heterocycles. The molecule has 0 aliphatic carbocycles. The number of nitrogens with zero attached hydrogens (tertiary/aromatic N) is 3. The monoisotopic (exact) mass is 335 g/mol. The summed E-state index contributed by atoms with van der Waals surface area (Å²) in [5.41, 5.74) is 3.09. The molecule has 0 fully saturated rings. The van der Waals surface area contributed by atoms with Crippen molar-refractivity contribution in [3.05, 3.63) is 60.3 Å². The second-order valence-corrected chi connectivity index (χ2v) is 5.84. The number of carbonyl (C=O) groups excluding carboxylic acids is 1. The van der Waals surface area contributed by atoms with Gasteiger partial charge in [0.25, 0.3) is 0 Å². The third kappa shape index (κ3) is 2.71. The maximum absolute atomic E-state index is 13.2. The molecule has 25 heavy (non-hydrogen) atoms. The van der Waals surface area contributed by atoms with E-state index >= 15 is 0 Å². The van der Waals surface area contributed by atoms with Crippen molar-refractivity contribution >= 4 is 23.1 Å². The second kappa shape index (κ2) is 5.98. The number of para-hydroxylation sites is 1. The first-order valence-electron chi connectivity index (χ1n) is 7.95. The number of allylic oxidation sites excluding steroid dienone is 1. The van der Waals surface area contributed by atoms with Crippen molar-refractivity contribution in [2.75, 3.05) is 16.7 Å². The Balaban J connectivity index is 1.78. The Morgan fingerprint density at radius 2 is 1.72 bits per heavy atom. The molecule has 126 valence electrons. The summed E-state index contributed by atoms with van der Waals surface area (Å²) in [5.74, 6) is 1.31. The predicted molar refractivity (Wildman–Crippen MR) is 96.2 cm³/mol. The van der Waals surface area contributed by atoms with Crippen LogP contribution in [0.5, 0.6) is 11.5 Å². The predicted octanol–water partition coefficient (Wildman–Crippen LogP) is 4.14. The summed E-state index contributed by atoms with van der Waals surface area (Å²) in [6, 6.07) is 14.5. The van der Waals surface area contributed by atoms with E-state index in [1.165, 1.54) is 5.01 Å². The van der Waals surface area contributed by atoms with Crippen LogP contribution in [0, 0.1) is 0 Å². The van der Waals surface area contributed by atoms with E-state index in [1.54, 1.807) is 23.2 Å². The van der Waals surface area contributed by atoms with E-state index in [9.17, 15) is 4.79 Å².